The molecular weight excluding hydrogens is 225 g/mol. The average Bonchev–Trinajstić information content (AvgIpc) is 2.30. The minimum atomic E-state index is -0.727. The van der Waals surface area contributed by atoms with Crippen LogP contribution in [0, 0.1) is 5.82 Å². The molecule has 4 nitrogen and oxygen atoms in total. The first kappa shape index (κ1) is 13.6. The van der Waals surface area contributed by atoms with Gasteiger partial charge in [0.15, 0.2) is 0 Å². The Bertz CT molecular complexity index is 407. The van der Waals surface area contributed by atoms with Crippen molar-refractivity contribution < 1.29 is 19.0 Å². The summed E-state index contributed by atoms with van der Waals surface area (Å²) in [6.45, 7) is 1.58. The van der Waals surface area contributed by atoms with Gasteiger partial charge in [0, 0.05) is 6.04 Å². The van der Waals surface area contributed by atoms with Gasteiger partial charge in [-0.15, -0.1) is 0 Å². The van der Waals surface area contributed by atoms with Gasteiger partial charge in [0.25, 0.3) is 0 Å². The maximum Gasteiger partial charge on any atom is 0.340 e. The fourth-order valence-electron chi connectivity index (χ4n) is 1.41. The van der Waals surface area contributed by atoms with Crippen LogP contribution in [0.4, 0.5) is 4.39 Å². The molecule has 0 radical (unpaired) electrons. The van der Waals surface area contributed by atoms with Gasteiger partial charge in [-0.3, -0.25) is 0 Å². The van der Waals surface area contributed by atoms with Crippen molar-refractivity contribution in [3.05, 3.63) is 35.1 Å². The summed E-state index contributed by atoms with van der Waals surface area (Å²) in [5.41, 5.74) is 6.24. The molecule has 1 aromatic carbocycles. The zero-order valence-electron chi connectivity index (χ0n) is 9.81. The van der Waals surface area contributed by atoms with Gasteiger partial charge in [0.2, 0.25) is 0 Å². The number of nitrogens with two attached hydrogens (primary N) is 1. The Morgan fingerprint density at radius 1 is 1.59 bits per heavy atom. The minimum Gasteiger partial charge on any atom is -0.465 e. The third-order valence-corrected chi connectivity index (χ3v) is 2.53. The Kier molecular flexibility index (Phi) is 4.60. The van der Waals surface area contributed by atoms with E-state index in [1.165, 1.54) is 25.3 Å². The molecule has 2 unspecified atom stereocenters. The Morgan fingerprint density at radius 3 is 2.76 bits per heavy atom. The van der Waals surface area contributed by atoms with E-state index in [9.17, 15) is 14.3 Å². The molecule has 0 aliphatic rings. The number of benzene rings is 1. The van der Waals surface area contributed by atoms with Crippen molar-refractivity contribution in [3.8, 4) is 0 Å². The maximum absolute atomic E-state index is 13.3. The van der Waals surface area contributed by atoms with Gasteiger partial charge < -0.3 is 15.6 Å². The van der Waals surface area contributed by atoms with E-state index >= 15 is 0 Å². The molecule has 0 saturated carbocycles. The molecule has 17 heavy (non-hydrogen) atoms. The lowest BCUT2D eigenvalue weighted by molar-refractivity contribution is 0.0595. The molecule has 0 aliphatic heterocycles. The lowest BCUT2D eigenvalue weighted by atomic mass is 10.0. The molecule has 5 heteroatoms. The lowest BCUT2D eigenvalue weighted by Gasteiger charge is -2.15. The SMILES string of the molecule is COC(=O)c1cc(CC(N)C(C)O)ccc1F. The van der Waals surface area contributed by atoms with Crippen LogP contribution in [0.5, 0.6) is 0 Å². The molecule has 1 aromatic rings. The summed E-state index contributed by atoms with van der Waals surface area (Å²) in [5.74, 6) is -1.36. The number of esters is 1. The molecular formula is C12H16FNO3. The van der Waals surface area contributed by atoms with Crippen LogP contribution in [0.25, 0.3) is 0 Å². The Labute approximate surface area is 99.2 Å². The number of ether oxygens (including phenoxy) is 1. The topological polar surface area (TPSA) is 72.5 Å². The van der Waals surface area contributed by atoms with Gasteiger partial charge in [-0.05, 0) is 31.0 Å². The Morgan fingerprint density at radius 2 is 2.24 bits per heavy atom. The summed E-state index contributed by atoms with van der Waals surface area (Å²) in [6.07, 6.45) is -0.302. The molecule has 3 N–H and O–H groups in total. The standard InChI is InChI=1S/C12H16FNO3/c1-7(15)11(14)6-8-3-4-10(13)9(5-8)12(16)17-2/h3-5,7,11,15H,6,14H2,1-2H3. The zero-order valence-corrected chi connectivity index (χ0v) is 9.81. The highest BCUT2D eigenvalue weighted by molar-refractivity contribution is 5.89. The number of aliphatic hydroxyl groups excluding tert-OH is 1. The summed E-state index contributed by atoms with van der Waals surface area (Å²) >= 11 is 0. The van der Waals surface area contributed by atoms with Gasteiger partial charge in [-0.1, -0.05) is 6.07 Å². The first-order valence-corrected chi connectivity index (χ1v) is 5.26. The molecule has 0 saturated heterocycles. The molecule has 0 aliphatic carbocycles. The van der Waals surface area contributed by atoms with Crippen molar-refractivity contribution in [1.82, 2.24) is 0 Å². The van der Waals surface area contributed by atoms with E-state index in [0.717, 1.165) is 0 Å². The zero-order chi connectivity index (χ0) is 13.0. The van der Waals surface area contributed by atoms with Crippen LogP contribution in [0.2, 0.25) is 0 Å². The summed E-state index contributed by atoms with van der Waals surface area (Å²) in [5, 5.41) is 9.27. The number of methoxy groups -OCH3 is 1. The molecule has 94 valence electrons. The van der Waals surface area contributed by atoms with Crippen LogP contribution in [-0.4, -0.2) is 30.3 Å². The van der Waals surface area contributed by atoms with Crippen molar-refractivity contribution in [1.29, 1.82) is 0 Å². The molecule has 0 spiro atoms. The maximum atomic E-state index is 13.3. The van der Waals surface area contributed by atoms with E-state index in [1.807, 2.05) is 0 Å². The van der Waals surface area contributed by atoms with Gasteiger partial charge in [-0.2, -0.15) is 0 Å². The number of aliphatic hydroxyl groups is 1. The fourth-order valence-corrected chi connectivity index (χ4v) is 1.41. The van der Waals surface area contributed by atoms with Gasteiger partial charge >= 0.3 is 5.97 Å². The molecule has 0 amide bonds. The number of hydrogen-bond donors (Lipinski definition) is 2. The first-order chi connectivity index (χ1) is 7.95. The highest BCUT2D eigenvalue weighted by Crippen LogP contribution is 2.13. The quantitative estimate of drug-likeness (QED) is 0.767. The highest BCUT2D eigenvalue weighted by Gasteiger charge is 2.15. The second-order valence-electron chi connectivity index (χ2n) is 3.91. The van der Waals surface area contributed by atoms with E-state index in [1.54, 1.807) is 6.92 Å². The van der Waals surface area contributed by atoms with Gasteiger partial charge in [0.05, 0.1) is 18.8 Å². The predicted octanol–water partition coefficient (Wildman–Crippen LogP) is 0.863. The van der Waals surface area contributed by atoms with Crippen molar-refractivity contribution in [3.63, 3.8) is 0 Å². The average molecular weight is 241 g/mol. The van der Waals surface area contributed by atoms with Crippen LogP contribution in [0.15, 0.2) is 18.2 Å². The van der Waals surface area contributed by atoms with Crippen LogP contribution in [-0.2, 0) is 11.2 Å². The summed E-state index contributed by atoms with van der Waals surface area (Å²) in [6, 6.07) is 3.66. The number of rotatable bonds is 4. The van der Waals surface area contributed by atoms with Crippen molar-refractivity contribution in [2.24, 2.45) is 5.73 Å². The first-order valence-electron chi connectivity index (χ1n) is 5.26. The molecule has 0 aromatic heterocycles. The highest BCUT2D eigenvalue weighted by atomic mass is 19.1. The fraction of sp³-hybridized carbons (Fsp3) is 0.417. The second-order valence-corrected chi connectivity index (χ2v) is 3.91. The monoisotopic (exact) mass is 241 g/mol. The molecule has 0 bridgehead atoms. The lowest BCUT2D eigenvalue weighted by Crippen LogP contribution is -2.34. The Hall–Kier alpha value is -1.46. The van der Waals surface area contributed by atoms with Crippen molar-refractivity contribution in [2.75, 3.05) is 7.11 Å². The van der Waals surface area contributed by atoms with E-state index in [4.69, 9.17) is 5.73 Å². The van der Waals surface area contributed by atoms with E-state index in [0.29, 0.717) is 12.0 Å². The summed E-state index contributed by atoms with van der Waals surface area (Å²) in [4.78, 5) is 11.3. The van der Waals surface area contributed by atoms with E-state index in [2.05, 4.69) is 4.74 Å². The summed E-state index contributed by atoms with van der Waals surface area (Å²) in [7, 11) is 1.19. The third kappa shape index (κ3) is 3.51. The predicted molar refractivity (Wildman–Crippen MR) is 61.1 cm³/mol. The largest absolute Gasteiger partial charge is 0.465 e. The number of hydrogen-bond acceptors (Lipinski definition) is 4. The van der Waals surface area contributed by atoms with Crippen LogP contribution in [0.3, 0.4) is 0 Å². The second kappa shape index (κ2) is 5.75. The molecule has 2 atom stereocenters. The van der Waals surface area contributed by atoms with Crippen LogP contribution < -0.4 is 5.73 Å². The minimum absolute atomic E-state index is 0.122. The molecule has 1 rings (SSSR count). The summed E-state index contributed by atoms with van der Waals surface area (Å²) < 4.78 is 17.8. The Balaban J connectivity index is 2.93. The van der Waals surface area contributed by atoms with E-state index < -0.39 is 23.9 Å². The molecule has 0 heterocycles. The number of halogens is 1. The van der Waals surface area contributed by atoms with Crippen LogP contribution in [0.1, 0.15) is 22.8 Å². The number of carbonyl (C=O) groups is 1. The van der Waals surface area contributed by atoms with E-state index in [-0.39, 0.29) is 5.56 Å². The van der Waals surface area contributed by atoms with Crippen molar-refractivity contribution in [2.45, 2.75) is 25.5 Å². The molecule has 0 fully saturated rings. The van der Waals surface area contributed by atoms with Crippen LogP contribution >= 0.6 is 0 Å². The third-order valence-electron chi connectivity index (χ3n) is 2.53. The van der Waals surface area contributed by atoms with Gasteiger partial charge in [-0.25, -0.2) is 9.18 Å². The van der Waals surface area contributed by atoms with Crippen molar-refractivity contribution >= 4 is 5.97 Å². The number of carbonyl (C=O) groups excluding carboxylic acids is 1. The van der Waals surface area contributed by atoms with Gasteiger partial charge in [0.1, 0.15) is 5.82 Å². The normalized spacial score (nSPS) is 14.2. The smallest absolute Gasteiger partial charge is 0.340 e.